The average molecular weight is 528 g/mol. The quantitative estimate of drug-likeness (QED) is 0.455. The van der Waals surface area contributed by atoms with E-state index >= 15 is 0 Å². The second kappa shape index (κ2) is 11.1. The third-order valence-corrected chi connectivity index (χ3v) is 8.38. The number of piperazine rings is 1. The third kappa shape index (κ3) is 5.55. The minimum Gasteiger partial charge on any atom is -0.324 e. The number of hydrogen-bond donors (Lipinski definition) is 2. The molecule has 2 aliphatic rings. The molecule has 3 aromatic rings. The molecule has 0 saturated carbocycles. The van der Waals surface area contributed by atoms with E-state index in [-0.39, 0.29) is 16.6 Å². The van der Waals surface area contributed by atoms with Gasteiger partial charge in [-0.1, -0.05) is 11.6 Å². The van der Waals surface area contributed by atoms with Crippen molar-refractivity contribution < 1.29 is 0 Å². The summed E-state index contributed by atoms with van der Waals surface area (Å²) in [5.74, 6) is 0.456. The monoisotopic (exact) mass is 527 g/mol. The first kappa shape index (κ1) is 25.5. The van der Waals surface area contributed by atoms with E-state index in [2.05, 4.69) is 54.9 Å². The molecule has 2 N–H and O–H groups in total. The van der Waals surface area contributed by atoms with Gasteiger partial charge in [0.05, 0.1) is 0 Å². The maximum Gasteiger partial charge on any atom is 0.271 e. The van der Waals surface area contributed by atoms with Gasteiger partial charge in [0, 0.05) is 73.5 Å². The first-order chi connectivity index (χ1) is 17.4. The molecule has 0 radical (unpaired) electrons. The van der Waals surface area contributed by atoms with Crippen molar-refractivity contribution >= 4 is 46.2 Å². The Hall–Kier alpha value is -2.17. The van der Waals surface area contributed by atoms with Crippen molar-refractivity contribution in [2.75, 3.05) is 44.6 Å². The van der Waals surface area contributed by atoms with Crippen molar-refractivity contribution in [1.82, 2.24) is 29.1 Å². The second-order valence-electron chi connectivity index (χ2n) is 9.87. The zero-order chi connectivity index (χ0) is 25.2. The fourth-order valence-electron chi connectivity index (χ4n) is 5.07. The van der Waals surface area contributed by atoms with Crippen molar-refractivity contribution in [2.45, 2.75) is 50.6 Å². The van der Waals surface area contributed by atoms with Crippen LogP contribution in [0, 0.1) is 6.92 Å². The molecular formula is C26H34ClN7OS. The molecule has 8 nitrogen and oxygen atoms in total. The van der Waals surface area contributed by atoms with Crippen LogP contribution in [0.2, 0.25) is 5.02 Å². The Balaban J connectivity index is 1.25. The number of halogens is 1. The molecule has 5 rings (SSSR count). The van der Waals surface area contributed by atoms with E-state index in [1.54, 1.807) is 16.8 Å². The van der Waals surface area contributed by atoms with Crippen LogP contribution < -0.4 is 16.2 Å². The molecular weight excluding hydrogens is 494 g/mol. The molecule has 1 aromatic carbocycles. The number of rotatable bonds is 6. The van der Waals surface area contributed by atoms with E-state index in [4.69, 9.17) is 11.6 Å². The number of nitrogens with one attached hydrogen (secondary N) is 2. The number of pyridine rings is 1. The Morgan fingerprint density at radius 3 is 2.58 bits per heavy atom. The van der Waals surface area contributed by atoms with Crippen LogP contribution in [0.15, 0.2) is 40.2 Å². The number of nitrogens with zero attached hydrogens (tertiary/aromatic N) is 5. The van der Waals surface area contributed by atoms with E-state index < -0.39 is 0 Å². The van der Waals surface area contributed by atoms with Crippen LogP contribution in [0.5, 0.6) is 0 Å². The Morgan fingerprint density at radius 1 is 1.14 bits per heavy atom. The summed E-state index contributed by atoms with van der Waals surface area (Å²) in [6, 6.07) is 8.72. The van der Waals surface area contributed by atoms with Gasteiger partial charge in [0.1, 0.15) is 10.7 Å². The van der Waals surface area contributed by atoms with Gasteiger partial charge in [-0.3, -0.25) is 14.3 Å². The number of hydrogen-bond acceptors (Lipinski definition) is 8. The first-order valence-corrected chi connectivity index (χ1v) is 13.9. The number of benzene rings is 1. The number of aryl methyl sites for hydroxylation is 1. The van der Waals surface area contributed by atoms with Gasteiger partial charge >= 0.3 is 0 Å². The fourth-order valence-corrected chi connectivity index (χ4v) is 6.33. The summed E-state index contributed by atoms with van der Waals surface area (Å²) in [7, 11) is 0. The van der Waals surface area contributed by atoms with Crippen LogP contribution >= 0.6 is 23.5 Å². The normalized spacial score (nSPS) is 18.2. The maximum absolute atomic E-state index is 12.6. The van der Waals surface area contributed by atoms with E-state index in [9.17, 15) is 4.79 Å². The molecule has 0 unspecified atom stereocenters. The van der Waals surface area contributed by atoms with Crippen LogP contribution in [-0.4, -0.2) is 69.1 Å². The molecule has 192 valence electrons. The van der Waals surface area contributed by atoms with Gasteiger partial charge in [0.2, 0.25) is 5.95 Å². The van der Waals surface area contributed by atoms with Crippen LogP contribution in [0.1, 0.15) is 38.3 Å². The lowest BCUT2D eigenvalue weighted by atomic mass is 10.0. The number of anilines is 2. The smallest absolute Gasteiger partial charge is 0.271 e. The van der Waals surface area contributed by atoms with Crippen LogP contribution in [0.25, 0.3) is 11.0 Å². The number of aromatic nitrogens is 3. The van der Waals surface area contributed by atoms with E-state index in [0.29, 0.717) is 11.6 Å². The molecule has 2 aromatic heterocycles. The predicted molar refractivity (Wildman–Crippen MR) is 149 cm³/mol. The summed E-state index contributed by atoms with van der Waals surface area (Å²) in [4.78, 5) is 25.6. The Labute approximate surface area is 221 Å². The van der Waals surface area contributed by atoms with Crippen LogP contribution in [0.3, 0.4) is 0 Å². The van der Waals surface area contributed by atoms with Crippen LogP contribution in [-0.2, 0) is 0 Å². The molecule has 0 amide bonds. The highest BCUT2D eigenvalue weighted by Gasteiger charge is 2.26. The molecule has 10 heteroatoms. The zero-order valence-corrected chi connectivity index (χ0v) is 22.7. The highest BCUT2D eigenvalue weighted by atomic mass is 35.5. The van der Waals surface area contributed by atoms with Crippen molar-refractivity contribution in [2.24, 2.45) is 0 Å². The van der Waals surface area contributed by atoms with E-state index in [1.165, 1.54) is 30.8 Å². The van der Waals surface area contributed by atoms with Gasteiger partial charge in [0.25, 0.3) is 5.56 Å². The summed E-state index contributed by atoms with van der Waals surface area (Å²) in [5.41, 5.74) is 2.41. The average Bonchev–Trinajstić information content (AvgIpc) is 2.87. The van der Waals surface area contributed by atoms with Gasteiger partial charge in [0.15, 0.2) is 0 Å². The van der Waals surface area contributed by atoms with Gasteiger partial charge in [-0.25, -0.2) is 9.29 Å². The Kier molecular flexibility index (Phi) is 7.83. The lowest BCUT2D eigenvalue weighted by Gasteiger charge is -2.39. The first-order valence-electron chi connectivity index (χ1n) is 12.7. The Morgan fingerprint density at radius 2 is 1.89 bits per heavy atom. The summed E-state index contributed by atoms with van der Waals surface area (Å²) in [6.07, 6.45) is 4.17. The molecule has 2 saturated heterocycles. The maximum atomic E-state index is 12.6. The SMILES string of the molecule is Cc1cc(SN2CCC(N3CCNCC3)CC2)ccc1Nc1ncc2cc(Cl)c(=O)n(C(C)C)c2n1. The molecule has 2 fully saturated rings. The van der Waals surface area contributed by atoms with Gasteiger partial charge in [-0.05, 0) is 75.4 Å². The van der Waals surface area contributed by atoms with Crippen molar-refractivity contribution in [3.05, 3.63) is 51.4 Å². The van der Waals surface area contributed by atoms with Gasteiger partial charge in [-0.2, -0.15) is 4.98 Å². The zero-order valence-electron chi connectivity index (χ0n) is 21.1. The topological polar surface area (TPSA) is 78.3 Å². The number of piperidine rings is 1. The fraction of sp³-hybridized carbons (Fsp3) is 0.500. The van der Waals surface area contributed by atoms with Crippen molar-refractivity contribution in [3.8, 4) is 0 Å². The third-order valence-electron chi connectivity index (χ3n) is 7.02. The molecule has 0 spiro atoms. The summed E-state index contributed by atoms with van der Waals surface area (Å²) < 4.78 is 4.10. The Bertz CT molecular complexity index is 1280. The summed E-state index contributed by atoms with van der Waals surface area (Å²) in [5, 5.41) is 7.70. The summed E-state index contributed by atoms with van der Waals surface area (Å²) >= 11 is 7.99. The van der Waals surface area contributed by atoms with Gasteiger partial charge in [-0.15, -0.1) is 0 Å². The molecule has 36 heavy (non-hydrogen) atoms. The van der Waals surface area contributed by atoms with Crippen molar-refractivity contribution in [1.29, 1.82) is 0 Å². The standard InChI is InChI=1S/C26H34ClN7OS/c1-17(2)34-24-19(15-22(27)25(34)35)16-29-26(31-24)30-23-5-4-21(14-18(23)3)36-33-10-6-20(7-11-33)32-12-8-28-9-13-32/h4-5,14-17,20,28H,6-13H2,1-3H3,(H,29,30,31). The molecule has 0 bridgehead atoms. The summed E-state index contributed by atoms with van der Waals surface area (Å²) in [6.45, 7) is 12.8. The predicted octanol–water partition coefficient (Wildman–Crippen LogP) is 4.45. The molecule has 4 heterocycles. The van der Waals surface area contributed by atoms with E-state index in [1.807, 2.05) is 25.8 Å². The van der Waals surface area contributed by atoms with Crippen molar-refractivity contribution in [3.63, 3.8) is 0 Å². The second-order valence-corrected chi connectivity index (χ2v) is 11.5. The lowest BCUT2D eigenvalue weighted by molar-refractivity contribution is 0.127. The van der Waals surface area contributed by atoms with E-state index in [0.717, 1.165) is 48.9 Å². The highest BCUT2D eigenvalue weighted by Crippen LogP contribution is 2.31. The minimum atomic E-state index is -0.238. The highest BCUT2D eigenvalue weighted by molar-refractivity contribution is 7.97. The lowest BCUT2D eigenvalue weighted by Crippen LogP contribution is -2.51. The van der Waals surface area contributed by atoms with Gasteiger partial charge < -0.3 is 10.6 Å². The molecule has 0 aliphatic carbocycles. The molecule has 2 aliphatic heterocycles. The van der Waals surface area contributed by atoms with Crippen LogP contribution in [0.4, 0.5) is 11.6 Å². The number of fused-ring (bicyclic) bond motifs is 1. The minimum absolute atomic E-state index is 0.0681. The molecule has 0 atom stereocenters. The largest absolute Gasteiger partial charge is 0.324 e.